The van der Waals surface area contributed by atoms with Crippen molar-refractivity contribution in [3.63, 3.8) is 0 Å². The van der Waals surface area contributed by atoms with E-state index in [2.05, 4.69) is 15.3 Å². The van der Waals surface area contributed by atoms with E-state index >= 15 is 0 Å². The summed E-state index contributed by atoms with van der Waals surface area (Å²) >= 11 is 5.81. The summed E-state index contributed by atoms with van der Waals surface area (Å²) in [5.74, 6) is 0.0739. The zero-order chi connectivity index (χ0) is 15.2. The third-order valence-corrected chi connectivity index (χ3v) is 3.04. The normalized spacial score (nSPS) is 10.2. The van der Waals surface area contributed by atoms with Gasteiger partial charge in [-0.05, 0) is 24.1 Å². The molecule has 0 fully saturated rings. The Balaban J connectivity index is 2.06. The molecule has 0 spiro atoms. The second kappa shape index (κ2) is 6.85. The highest BCUT2D eigenvalue weighted by atomic mass is 35.5. The third kappa shape index (κ3) is 3.79. The number of methoxy groups -OCH3 is 1. The van der Waals surface area contributed by atoms with E-state index in [4.69, 9.17) is 16.3 Å². The molecule has 0 saturated carbocycles. The Morgan fingerprint density at radius 3 is 2.67 bits per heavy atom. The number of ether oxygens (including phenoxy) is 1. The molecule has 110 valence electrons. The second-order valence-corrected chi connectivity index (χ2v) is 4.58. The summed E-state index contributed by atoms with van der Waals surface area (Å²) in [4.78, 5) is 18.1. The molecule has 1 aromatic heterocycles. The van der Waals surface area contributed by atoms with Crippen molar-refractivity contribution >= 4 is 23.1 Å². The number of hydrogen-bond donors (Lipinski definition) is 1. The molecule has 0 bridgehead atoms. The number of rotatable bonds is 6. The zero-order valence-corrected chi connectivity index (χ0v) is 12.0. The van der Waals surface area contributed by atoms with Crippen molar-refractivity contribution in [3.05, 3.63) is 51.3 Å². The number of nitrogens with one attached hydrogen (secondary N) is 1. The first-order chi connectivity index (χ1) is 10.1. The smallest absolute Gasteiger partial charge is 0.372 e. The van der Waals surface area contributed by atoms with Crippen molar-refractivity contribution in [1.82, 2.24) is 9.97 Å². The van der Waals surface area contributed by atoms with E-state index in [0.717, 1.165) is 5.56 Å². The van der Waals surface area contributed by atoms with Gasteiger partial charge in [-0.25, -0.2) is 4.98 Å². The second-order valence-electron chi connectivity index (χ2n) is 4.14. The Morgan fingerprint density at radius 2 is 2.05 bits per heavy atom. The number of nitro groups is 1. The maximum Gasteiger partial charge on any atom is 0.372 e. The molecule has 0 aliphatic rings. The van der Waals surface area contributed by atoms with Crippen molar-refractivity contribution < 1.29 is 9.66 Å². The van der Waals surface area contributed by atoms with Crippen LogP contribution in [0.1, 0.15) is 5.56 Å². The van der Waals surface area contributed by atoms with Crippen LogP contribution in [0.3, 0.4) is 0 Å². The first-order valence-electron chi connectivity index (χ1n) is 6.13. The van der Waals surface area contributed by atoms with E-state index in [1.54, 1.807) is 12.1 Å². The lowest BCUT2D eigenvalue weighted by atomic mass is 10.1. The topological polar surface area (TPSA) is 90.2 Å². The summed E-state index contributed by atoms with van der Waals surface area (Å²) in [6.07, 6.45) is 1.90. The summed E-state index contributed by atoms with van der Waals surface area (Å²) in [5, 5.41) is 14.7. The SMILES string of the molecule is COc1ncnc(NCCc2ccc(Cl)cc2)c1[N+](=O)[O-]. The lowest BCUT2D eigenvalue weighted by Crippen LogP contribution is -2.10. The van der Waals surface area contributed by atoms with Gasteiger partial charge in [0.1, 0.15) is 6.33 Å². The molecule has 7 nitrogen and oxygen atoms in total. The average Bonchev–Trinajstić information content (AvgIpc) is 2.48. The van der Waals surface area contributed by atoms with Crippen LogP contribution in [0.15, 0.2) is 30.6 Å². The summed E-state index contributed by atoms with van der Waals surface area (Å²) in [6, 6.07) is 7.40. The molecule has 0 aliphatic carbocycles. The minimum atomic E-state index is -0.566. The van der Waals surface area contributed by atoms with Gasteiger partial charge in [0.25, 0.3) is 5.88 Å². The number of hydrogen-bond acceptors (Lipinski definition) is 6. The van der Waals surface area contributed by atoms with Gasteiger partial charge in [0.15, 0.2) is 0 Å². The molecular weight excluding hydrogens is 296 g/mol. The van der Waals surface area contributed by atoms with Gasteiger partial charge in [0, 0.05) is 11.6 Å². The molecule has 21 heavy (non-hydrogen) atoms. The first-order valence-corrected chi connectivity index (χ1v) is 6.51. The summed E-state index contributed by atoms with van der Waals surface area (Å²) in [6.45, 7) is 0.489. The van der Waals surface area contributed by atoms with E-state index in [1.165, 1.54) is 13.4 Å². The highest BCUT2D eigenvalue weighted by Gasteiger charge is 2.23. The first kappa shape index (κ1) is 15.0. The van der Waals surface area contributed by atoms with E-state index in [-0.39, 0.29) is 17.4 Å². The maximum atomic E-state index is 11.1. The Morgan fingerprint density at radius 1 is 1.33 bits per heavy atom. The molecule has 0 radical (unpaired) electrons. The monoisotopic (exact) mass is 308 g/mol. The standard InChI is InChI=1S/C13H13ClN4O3/c1-21-13-11(18(19)20)12(16-8-17-13)15-7-6-9-2-4-10(14)5-3-9/h2-5,8H,6-7H2,1H3,(H,15,16,17). The number of benzene rings is 1. The number of anilines is 1. The third-order valence-electron chi connectivity index (χ3n) is 2.78. The van der Waals surface area contributed by atoms with Crippen LogP contribution in [0.5, 0.6) is 5.88 Å². The van der Waals surface area contributed by atoms with Crippen LogP contribution >= 0.6 is 11.6 Å². The van der Waals surface area contributed by atoms with Crippen LogP contribution in [0.25, 0.3) is 0 Å². The van der Waals surface area contributed by atoms with Gasteiger partial charge in [-0.2, -0.15) is 4.98 Å². The van der Waals surface area contributed by atoms with Crippen LogP contribution in [0.4, 0.5) is 11.5 Å². The van der Waals surface area contributed by atoms with Crippen molar-refractivity contribution in [2.45, 2.75) is 6.42 Å². The van der Waals surface area contributed by atoms with Crippen LogP contribution in [-0.2, 0) is 6.42 Å². The molecule has 0 amide bonds. The Hall–Kier alpha value is -2.41. The van der Waals surface area contributed by atoms with Gasteiger partial charge >= 0.3 is 5.69 Å². The fourth-order valence-electron chi connectivity index (χ4n) is 1.78. The lowest BCUT2D eigenvalue weighted by Gasteiger charge is -2.07. The number of nitrogens with zero attached hydrogens (tertiary/aromatic N) is 3. The van der Waals surface area contributed by atoms with E-state index in [9.17, 15) is 10.1 Å². The Kier molecular flexibility index (Phi) is 4.89. The minimum Gasteiger partial charge on any atom is -0.476 e. The zero-order valence-electron chi connectivity index (χ0n) is 11.2. The van der Waals surface area contributed by atoms with Crippen LogP contribution in [-0.4, -0.2) is 28.5 Å². The van der Waals surface area contributed by atoms with Crippen molar-refractivity contribution in [2.24, 2.45) is 0 Å². The molecular formula is C13H13ClN4O3. The molecule has 0 unspecified atom stereocenters. The molecule has 2 aromatic rings. The van der Waals surface area contributed by atoms with Crippen LogP contribution < -0.4 is 10.1 Å². The van der Waals surface area contributed by atoms with Crippen molar-refractivity contribution in [1.29, 1.82) is 0 Å². The average molecular weight is 309 g/mol. The fraction of sp³-hybridized carbons (Fsp3) is 0.231. The largest absolute Gasteiger partial charge is 0.476 e. The van der Waals surface area contributed by atoms with E-state index < -0.39 is 4.92 Å². The van der Waals surface area contributed by atoms with Crippen LogP contribution in [0.2, 0.25) is 5.02 Å². The minimum absolute atomic E-state index is 0.0657. The number of aromatic nitrogens is 2. The molecule has 1 aromatic carbocycles. The summed E-state index contributed by atoms with van der Waals surface area (Å²) < 4.78 is 4.88. The van der Waals surface area contributed by atoms with Gasteiger partial charge in [0.2, 0.25) is 5.82 Å². The van der Waals surface area contributed by atoms with E-state index in [1.807, 2.05) is 12.1 Å². The fourth-order valence-corrected chi connectivity index (χ4v) is 1.91. The molecule has 1 heterocycles. The van der Waals surface area contributed by atoms with Crippen LogP contribution in [0, 0.1) is 10.1 Å². The summed E-state index contributed by atoms with van der Waals surface area (Å²) in [5.41, 5.74) is 0.798. The maximum absolute atomic E-state index is 11.1. The highest BCUT2D eigenvalue weighted by molar-refractivity contribution is 6.30. The molecule has 8 heteroatoms. The van der Waals surface area contributed by atoms with Gasteiger partial charge in [-0.1, -0.05) is 23.7 Å². The Labute approximate surface area is 126 Å². The Bertz CT molecular complexity index is 634. The van der Waals surface area contributed by atoms with Gasteiger partial charge in [-0.15, -0.1) is 0 Å². The summed E-state index contributed by atoms with van der Waals surface area (Å²) in [7, 11) is 1.33. The molecule has 2 rings (SSSR count). The number of halogens is 1. The molecule has 1 N–H and O–H groups in total. The molecule has 0 aliphatic heterocycles. The van der Waals surface area contributed by atoms with Crippen molar-refractivity contribution in [2.75, 3.05) is 19.0 Å². The highest BCUT2D eigenvalue weighted by Crippen LogP contribution is 2.30. The van der Waals surface area contributed by atoms with Crippen molar-refractivity contribution in [3.8, 4) is 5.88 Å². The predicted molar refractivity (Wildman–Crippen MR) is 78.9 cm³/mol. The van der Waals surface area contributed by atoms with E-state index in [0.29, 0.717) is 18.0 Å². The van der Waals surface area contributed by atoms with Gasteiger partial charge in [0.05, 0.1) is 12.0 Å². The van der Waals surface area contributed by atoms with Gasteiger partial charge in [-0.3, -0.25) is 10.1 Å². The quantitative estimate of drug-likeness (QED) is 0.652. The molecule has 0 atom stereocenters. The lowest BCUT2D eigenvalue weighted by molar-refractivity contribution is -0.385. The van der Waals surface area contributed by atoms with Gasteiger partial charge < -0.3 is 10.1 Å². The predicted octanol–water partition coefficient (Wildman–Crippen LogP) is 2.70. The molecule has 0 saturated heterocycles.